The second-order valence-electron chi connectivity index (χ2n) is 5.23. The molecule has 0 amide bonds. The second-order valence-corrected chi connectivity index (χ2v) is 6.08. The number of nitrogens with two attached hydrogens (primary N) is 1. The molecule has 106 valence electrons. The van der Waals surface area contributed by atoms with E-state index in [4.69, 9.17) is 28.9 Å². The number of hydrogen-bond acceptors (Lipinski definition) is 1. The zero-order valence-electron chi connectivity index (χ0n) is 11.8. The van der Waals surface area contributed by atoms with Gasteiger partial charge in [0.2, 0.25) is 0 Å². The first-order valence-electron chi connectivity index (χ1n) is 6.72. The third-order valence-electron chi connectivity index (χ3n) is 3.66. The van der Waals surface area contributed by atoms with Gasteiger partial charge in [0, 0.05) is 16.0 Å². The highest BCUT2D eigenvalue weighted by atomic mass is 35.5. The quantitative estimate of drug-likeness (QED) is 0.854. The molecule has 20 heavy (non-hydrogen) atoms. The Labute approximate surface area is 130 Å². The van der Waals surface area contributed by atoms with E-state index >= 15 is 0 Å². The van der Waals surface area contributed by atoms with Crippen LogP contribution in [0.2, 0.25) is 10.0 Å². The van der Waals surface area contributed by atoms with Gasteiger partial charge in [-0.25, -0.2) is 0 Å². The highest BCUT2D eigenvalue weighted by Crippen LogP contribution is 2.30. The van der Waals surface area contributed by atoms with Crippen LogP contribution in [0.5, 0.6) is 0 Å². The molecule has 0 fully saturated rings. The fraction of sp³-hybridized carbons (Fsp3) is 0.294. The van der Waals surface area contributed by atoms with Crippen molar-refractivity contribution in [3.05, 3.63) is 68.7 Å². The SMILES string of the molecule is Cc1ccc(C)c(CC(CN)c2ccc(Cl)cc2Cl)c1. The Morgan fingerprint density at radius 2 is 1.80 bits per heavy atom. The number of aryl methyl sites for hydroxylation is 2. The summed E-state index contributed by atoms with van der Waals surface area (Å²) in [5.74, 6) is 0.209. The van der Waals surface area contributed by atoms with E-state index in [-0.39, 0.29) is 5.92 Å². The molecule has 0 saturated carbocycles. The van der Waals surface area contributed by atoms with E-state index in [2.05, 4.69) is 32.0 Å². The van der Waals surface area contributed by atoms with Crippen molar-refractivity contribution in [2.75, 3.05) is 6.54 Å². The molecule has 0 saturated heterocycles. The average molecular weight is 308 g/mol. The summed E-state index contributed by atoms with van der Waals surface area (Å²) in [5, 5.41) is 1.35. The van der Waals surface area contributed by atoms with Crippen LogP contribution in [0.25, 0.3) is 0 Å². The van der Waals surface area contributed by atoms with Gasteiger partial charge >= 0.3 is 0 Å². The molecule has 0 heterocycles. The highest BCUT2D eigenvalue weighted by molar-refractivity contribution is 6.35. The molecule has 3 heteroatoms. The van der Waals surface area contributed by atoms with Crippen LogP contribution < -0.4 is 5.73 Å². The molecule has 0 aliphatic heterocycles. The van der Waals surface area contributed by atoms with E-state index in [1.54, 1.807) is 6.07 Å². The van der Waals surface area contributed by atoms with E-state index in [0.717, 1.165) is 12.0 Å². The topological polar surface area (TPSA) is 26.0 Å². The maximum atomic E-state index is 6.30. The number of halogens is 2. The number of rotatable bonds is 4. The van der Waals surface area contributed by atoms with Gasteiger partial charge in [-0.15, -0.1) is 0 Å². The van der Waals surface area contributed by atoms with Gasteiger partial charge in [-0.3, -0.25) is 0 Å². The third-order valence-corrected chi connectivity index (χ3v) is 4.22. The molecule has 2 N–H and O–H groups in total. The Morgan fingerprint density at radius 1 is 1.05 bits per heavy atom. The molecule has 0 aliphatic carbocycles. The van der Waals surface area contributed by atoms with Gasteiger partial charge in [0.05, 0.1) is 0 Å². The lowest BCUT2D eigenvalue weighted by Gasteiger charge is -2.18. The smallest absolute Gasteiger partial charge is 0.0456 e. The van der Waals surface area contributed by atoms with E-state index in [0.29, 0.717) is 16.6 Å². The maximum Gasteiger partial charge on any atom is 0.0456 e. The van der Waals surface area contributed by atoms with Crippen LogP contribution in [0.4, 0.5) is 0 Å². The summed E-state index contributed by atoms with van der Waals surface area (Å²) in [6.07, 6.45) is 0.894. The van der Waals surface area contributed by atoms with E-state index in [1.165, 1.54) is 16.7 Å². The first-order valence-corrected chi connectivity index (χ1v) is 7.48. The summed E-state index contributed by atoms with van der Waals surface area (Å²) >= 11 is 12.3. The van der Waals surface area contributed by atoms with Gasteiger partial charge in [-0.05, 0) is 55.6 Å². The monoisotopic (exact) mass is 307 g/mol. The van der Waals surface area contributed by atoms with Crippen molar-refractivity contribution < 1.29 is 0 Å². The predicted octanol–water partition coefficient (Wildman–Crippen LogP) is 4.90. The maximum absolute atomic E-state index is 6.30. The van der Waals surface area contributed by atoms with Crippen molar-refractivity contribution in [3.63, 3.8) is 0 Å². The van der Waals surface area contributed by atoms with Crippen molar-refractivity contribution in [1.82, 2.24) is 0 Å². The van der Waals surface area contributed by atoms with Gasteiger partial charge in [-0.1, -0.05) is 53.0 Å². The summed E-state index contributed by atoms with van der Waals surface area (Å²) < 4.78 is 0. The lowest BCUT2D eigenvalue weighted by atomic mass is 9.89. The van der Waals surface area contributed by atoms with Gasteiger partial charge < -0.3 is 5.73 Å². The van der Waals surface area contributed by atoms with E-state index in [1.807, 2.05) is 12.1 Å². The minimum Gasteiger partial charge on any atom is -0.330 e. The van der Waals surface area contributed by atoms with Gasteiger partial charge in [-0.2, -0.15) is 0 Å². The molecule has 0 aliphatic rings. The Kier molecular flexibility index (Phi) is 5.09. The highest BCUT2D eigenvalue weighted by Gasteiger charge is 2.15. The van der Waals surface area contributed by atoms with Gasteiger partial charge in [0.1, 0.15) is 0 Å². The van der Waals surface area contributed by atoms with E-state index < -0.39 is 0 Å². The number of benzene rings is 2. The molecule has 2 rings (SSSR count). The molecule has 0 aromatic heterocycles. The average Bonchev–Trinajstić information content (AvgIpc) is 2.40. The van der Waals surface area contributed by atoms with Crippen LogP contribution in [0, 0.1) is 13.8 Å². The first-order chi connectivity index (χ1) is 9.51. The fourth-order valence-corrected chi connectivity index (χ4v) is 3.00. The zero-order valence-corrected chi connectivity index (χ0v) is 13.3. The fourth-order valence-electron chi connectivity index (χ4n) is 2.44. The summed E-state index contributed by atoms with van der Waals surface area (Å²) in [4.78, 5) is 0. The summed E-state index contributed by atoms with van der Waals surface area (Å²) in [6, 6.07) is 12.1. The Morgan fingerprint density at radius 3 is 2.45 bits per heavy atom. The van der Waals surface area contributed by atoms with Crippen LogP contribution in [-0.2, 0) is 6.42 Å². The van der Waals surface area contributed by atoms with Crippen LogP contribution in [0.3, 0.4) is 0 Å². The van der Waals surface area contributed by atoms with Crippen molar-refractivity contribution >= 4 is 23.2 Å². The largest absolute Gasteiger partial charge is 0.330 e. The second kappa shape index (κ2) is 6.62. The molecule has 0 radical (unpaired) electrons. The molecule has 2 aromatic rings. The minimum absolute atomic E-state index is 0.209. The van der Waals surface area contributed by atoms with Crippen LogP contribution in [0.1, 0.15) is 28.2 Å². The van der Waals surface area contributed by atoms with E-state index in [9.17, 15) is 0 Å². The first kappa shape index (κ1) is 15.4. The standard InChI is InChI=1S/C17H19Cl2N/c1-11-3-4-12(2)13(7-11)8-14(10-20)16-6-5-15(18)9-17(16)19/h3-7,9,14H,8,10,20H2,1-2H3. The lowest BCUT2D eigenvalue weighted by Crippen LogP contribution is -2.16. The summed E-state index contributed by atoms with van der Waals surface area (Å²) in [5.41, 5.74) is 10.9. The van der Waals surface area contributed by atoms with Crippen molar-refractivity contribution in [2.45, 2.75) is 26.2 Å². The Bertz CT molecular complexity index is 608. The third kappa shape index (κ3) is 3.54. The van der Waals surface area contributed by atoms with Crippen LogP contribution >= 0.6 is 23.2 Å². The zero-order chi connectivity index (χ0) is 14.7. The molecule has 0 bridgehead atoms. The van der Waals surface area contributed by atoms with Gasteiger partial charge in [0.15, 0.2) is 0 Å². The molecular formula is C17H19Cl2N. The van der Waals surface area contributed by atoms with Crippen molar-refractivity contribution in [1.29, 1.82) is 0 Å². The Balaban J connectivity index is 2.31. The molecule has 1 nitrogen and oxygen atoms in total. The molecule has 1 unspecified atom stereocenters. The van der Waals surface area contributed by atoms with Crippen molar-refractivity contribution in [3.8, 4) is 0 Å². The molecule has 1 atom stereocenters. The van der Waals surface area contributed by atoms with Gasteiger partial charge in [0.25, 0.3) is 0 Å². The number of hydrogen-bond donors (Lipinski definition) is 1. The Hall–Kier alpha value is -1.02. The summed E-state index contributed by atoms with van der Waals surface area (Å²) in [6.45, 7) is 4.80. The molecular weight excluding hydrogens is 289 g/mol. The van der Waals surface area contributed by atoms with Crippen LogP contribution in [0.15, 0.2) is 36.4 Å². The van der Waals surface area contributed by atoms with Crippen molar-refractivity contribution in [2.24, 2.45) is 5.73 Å². The van der Waals surface area contributed by atoms with Crippen LogP contribution in [-0.4, -0.2) is 6.54 Å². The molecule has 0 spiro atoms. The lowest BCUT2D eigenvalue weighted by molar-refractivity contribution is 0.692. The normalized spacial score (nSPS) is 12.4. The molecule has 2 aromatic carbocycles. The predicted molar refractivity (Wildman–Crippen MR) is 87.9 cm³/mol. The summed E-state index contributed by atoms with van der Waals surface area (Å²) in [7, 11) is 0. The minimum atomic E-state index is 0.209.